The Balaban J connectivity index is 1.58. The molecule has 3 aromatic rings. The van der Waals surface area contributed by atoms with Crippen LogP contribution < -0.4 is 5.43 Å². The average molecular weight is 323 g/mol. The highest BCUT2D eigenvalue weighted by molar-refractivity contribution is 7.14. The number of hydrazone groups is 1. The number of rotatable bonds is 5. The second-order valence-electron chi connectivity index (χ2n) is 4.70. The normalized spacial score (nSPS) is 11.3. The zero-order valence-electron chi connectivity index (χ0n) is 12.2. The molecule has 1 heterocycles. The van der Waals surface area contributed by atoms with Gasteiger partial charge in [0.25, 0.3) is 0 Å². The number of aromatic nitrogens is 1. The average Bonchev–Trinajstić information content (AvgIpc) is 3.05. The van der Waals surface area contributed by atoms with Crippen molar-refractivity contribution >= 4 is 28.8 Å². The summed E-state index contributed by atoms with van der Waals surface area (Å²) in [5, 5.41) is 6.70. The molecule has 0 spiro atoms. The molecule has 114 valence electrons. The lowest BCUT2D eigenvalue weighted by molar-refractivity contribution is 0.628. The molecule has 0 unspecified atom stereocenters. The van der Waals surface area contributed by atoms with Crippen molar-refractivity contribution in [1.82, 2.24) is 4.98 Å². The molecule has 1 N–H and O–H groups in total. The molecule has 0 aliphatic heterocycles. The van der Waals surface area contributed by atoms with E-state index >= 15 is 0 Å². The Morgan fingerprint density at radius 3 is 2.61 bits per heavy atom. The van der Waals surface area contributed by atoms with Crippen molar-refractivity contribution in [3.63, 3.8) is 0 Å². The van der Waals surface area contributed by atoms with Gasteiger partial charge in [0, 0.05) is 17.2 Å². The fraction of sp³-hybridized carbons (Fsp3) is 0. The summed E-state index contributed by atoms with van der Waals surface area (Å²) in [7, 11) is 0. The number of allylic oxidation sites excluding steroid dienone is 1. The van der Waals surface area contributed by atoms with Crippen LogP contribution >= 0.6 is 11.3 Å². The summed E-state index contributed by atoms with van der Waals surface area (Å²) < 4.78 is 12.9. The Labute approximate surface area is 137 Å². The van der Waals surface area contributed by atoms with E-state index < -0.39 is 0 Å². The molecule has 0 radical (unpaired) electrons. The molecule has 3 nitrogen and oxygen atoms in total. The first-order valence-corrected chi connectivity index (χ1v) is 7.91. The SMILES string of the molecule is Fc1ccc(-c2csc(NN=C/C=C/c3ccccc3)n2)cc1. The van der Waals surface area contributed by atoms with Crippen LogP contribution in [0.2, 0.25) is 0 Å². The van der Waals surface area contributed by atoms with Gasteiger partial charge < -0.3 is 0 Å². The maximum absolute atomic E-state index is 12.9. The van der Waals surface area contributed by atoms with E-state index in [9.17, 15) is 4.39 Å². The molecular formula is C18H14FN3S. The second-order valence-corrected chi connectivity index (χ2v) is 5.56. The first-order chi connectivity index (χ1) is 11.3. The fourth-order valence-corrected chi connectivity index (χ4v) is 2.60. The standard InChI is InChI=1S/C18H14FN3S/c19-16-10-8-15(9-11-16)17-13-23-18(21-17)22-20-12-4-7-14-5-2-1-3-6-14/h1-13H,(H,21,22)/b7-4+,20-12?. The molecule has 3 rings (SSSR count). The van der Waals surface area contributed by atoms with Crippen molar-refractivity contribution in [2.75, 3.05) is 5.43 Å². The Kier molecular flexibility index (Phi) is 4.91. The number of halogens is 1. The highest BCUT2D eigenvalue weighted by atomic mass is 32.1. The van der Waals surface area contributed by atoms with E-state index in [1.807, 2.05) is 47.9 Å². The first kappa shape index (κ1) is 15.1. The summed E-state index contributed by atoms with van der Waals surface area (Å²) in [5.74, 6) is -0.253. The van der Waals surface area contributed by atoms with Gasteiger partial charge in [-0.25, -0.2) is 9.37 Å². The van der Waals surface area contributed by atoms with Crippen LogP contribution in [0.3, 0.4) is 0 Å². The lowest BCUT2D eigenvalue weighted by atomic mass is 10.2. The molecule has 2 aromatic carbocycles. The third kappa shape index (κ3) is 4.34. The van der Waals surface area contributed by atoms with Crippen molar-refractivity contribution in [3.8, 4) is 11.3 Å². The predicted octanol–water partition coefficient (Wildman–Crippen LogP) is 5.06. The topological polar surface area (TPSA) is 37.3 Å². The van der Waals surface area contributed by atoms with Crippen molar-refractivity contribution in [3.05, 3.63) is 77.4 Å². The highest BCUT2D eigenvalue weighted by Crippen LogP contribution is 2.24. The molecule has 1 aromatic heterocycles. The van der Waals surface area contributed by atoms with Gasteiger partial charge in [0.1, 0.15) is 5.82 Å². The summed E-state index contributed by atoms with van der Waals surface area (Å²) in [6.45, 7) is 0. The smallest absolute Gasteiger partial charge is 0.203 e. The van der Waals surface area contributed by atoms with Crippen LogP contribution in [0, 0.1) is 5.82 Å². The van der Waals surface area contributed by atoms with Crippen LogP contribution in [0.25, 0.3) is 17.3 Å². The highest BCUT2D eigenvalue weighted by Gasteiger charge is 2.03. The van der Waals surface area contributed by atoms with Gasteiger partial charge in [-0.3, -0.25) is 5.43 Å². The minimum absolute atomic E-state index is 0.253. The molecule has 0 aliphatic carbocycles. The minimum atomic E-state index is -0.253. The molecule has 0 aliphatic rings. The maximum atomic E-state index is 12.9. The molecule has 0 amide bonds. The van der Waals surface area contributed by atoms with Gasteiger partial charge >= 0.3 is 0 Å². The van der Waals surface area contributed by atoms with Gasteiger partial charge in [-0.05, 0) is 35.9 Å². The summed E-state index contributed by atoms with van der Waals surface area (Å²) >= 11 is 1.45. The Bertz CT molecular complexity index is 808. The zero-order chi connectivity index (χ0) is 15.9. The molecule has 5 heteroatoms. The van der Waals surface area contributed by atoms with Gasteiger partial charge in [-0.2, -0.15) is 5.10 Å². The lowest BCUT2D eigenvalue weighted by Gasteiger charge is -1.95. The predicted molar refractivity (Wildman–Crippen MR) is 95.1 cm³/mol. The monoisotopic (exact) mass is 323 g/mol. The van der Waals surface area contributed by atoms with Crippen molar-refractivity contribution < 1.29 is 4.39 Å². The van der Waals surface area contributed by atoms with Gasteiger partial charge in [-0.1, -0.05) is 36.4 Å². The number of nitrogens with zero attached hydrogens (tertiary/aromatic N) is 2. The number of anilines is 1. The third-order valence-electron chi connectivity index (χ3n) is 3.05. The van der Waals surface area contributed by atoms with Gasteiger partial charge in [0.2, 0.25) is 5.13 Å². The molecule has 0 saturated carbocycles. The van der Waals surface area contributed by atoms with Crippen molar-refractivity contribution in [1.29, 1.82) is 0 Å². The van der Waals surface area contributed by atoms with E-state index in [1.165, 1.54) is 23.5 Å². The molecule has 23 heavy (non-hydrogen) atoms. The minimum Gasteiger partial charge on any atom is -0.253 e. The Morgan fingerprint density at radius 2 is 1.83 bits per heavy atom. The van der Waals surface area contributed by atoms with E-state index in [1.54, 1.807) is 18.3 Å². The van der Waals surface area contributed by atoms with Crippen LogP contribution in [0.15, 0.2) is 71.2 Å². The van der Waals surface area contributed by atoms with Crippen LogP contribution in [0.1, 0.15) is 5.56 Å². The summed E-state index contributed by atoms with van der Waals surface area (Å²) in [6, 6.07) is 16.3. The van der Waals surface area contributed by atoms with Crippen LogP contribution in [0.5, 0.6) is 0 Å². The van der Waals surface area contributed by atoms with E-state index in [4.69, 9.17) is 0 Å². The van der Waals surface area contributed by atoms with Gasteiger partial charge in [0.05, 0.1) is 5.69 Å². The molecule has 0 atom stereocenters. The summed E-state index contributed by atoms with van der Waals surface area (Å²) in [6.07, 6.45) is 5.50. The van der Waals surface area contributed by atoms with Crippen LogP contribution in [-0.4, -0.2) is 11.2 Å². The molecule has 0 bridgehead atoms. The quantitative estimate of drug-likeness (QED) is 0.526. The Morgan fingerprint density at radius 1 is 1.04 bits per heavy atom. The largest absolute Gasteiger partial charge is 0.253 e. The van der Waals surface area contributed by atoms with Gasteiger partial charge in [0.15, 0.2) is 0 Å². The second kappa shape index (κ2) is 7.47. The Hall–Kier alpha value is -2.79. The number of nitrogens with one attached hydrogen (secondary N) is 1. The first-order valence-electron chi connectivity index (χ1n) is 7.03. The molecule has 0 saturated heterocycles. The fourth-order valence-electron chi connectivity index (χ4n) is 1.93. The molecule has 0 fully saturated rings. The van der Waals surface area contributed by atoms with Gasteiger partial charge in [-0.15, -0.1) is 11.3 Å². The number of benzene rings is 2. The summed E-state index contributed by atoms with van der Waals surface area (Å²) in [4.78, 5) is 4.41. The van der Waals surface area contributed by atoms with E-state index in [-0.39, 0.29) is 5.82 Å². The van der Waals surface area contributed by atoms with Crippen molar-refractivity contribution in [2.24, 2.45) is 5.10 Å². The zero-order valence-corrected chi connectivity index (χ0v) is 13.0. The molecular weight excluding hydrogens is 309 g/mol. The third-order valence-corrected chi connectivity index (χ3v) is 3.80. The van der Waals surface area contributed by atoms with E-state index in [0.717, 1.165) is 16.8 Å². The number of thiazole rings is 1. The maximum Gasteiger partial charge on any atom is 0.203 e. The number of hydrogen-bond acceptors (Lipinski definition) is 4. The van der Waals surface area contributed by atoms with E-state index in [0.29, 0.717) is 5.13 Å². The number of hydrogen-bond donors (Lipinski definition) is 1. The lowest BCUT2D eigenvalue weighted by Crippen LogP contribution is -1.87. The van der Waals surface area contributed by atoms with E-state index in [2.05, 4.69) is 15.5 Å². The van der Waals surface area contributed by atoms with Crippen molar-refractivity contribution in [2.45, 2.75) is 0 Å². The summed E-state index contributed by atoms with van der Waals surface area (Å²) in [5.41, 5.74) is 5.68. The van der Waals surface area contributed by atoms with Crippen LogP contribution in [0.4, 0.5) is 9.52 Å². The van der Waals surface area contributed by atoms with Crippen LogP contribution in [-0.2, 0) is 0 Å².